The van der Waals surface area contributed by atoms with E-state index in [1.165, 1.54) is 12.1 Å². The molecule has 1 atom stereocenters. The average Bonchev–Trinajstić information content (AvgIpc) is 3.29. The van der Waals surface area contributed by atoms with Crippen LogP contribution in [-0.4, -0.2) is 41.8 Å². The number of aldehydes is 1. The van der Waals surface area contributed by atoms with Gasteiger partial charge < -0.3 is 9.64 Å². The third-order valence-corrected chi connectivity index (χ3v) is 5.58. The molecule has 0 radical (unpaired) electrons. The van der Waals surface area contributed by atoms with Crippen LogP contribution >= 0.6 is 0 Å². The second-order valence-electron chi connectivity index (χ2n) is 7.46. The van der Waals surface area contributed by atoms with Crippen molar-refractivity contribution < 1.29 is 18.7 Å². The summed E-state index contributed by atoms with van der Waals surface area (Å²) in [6.45, 7) is 3.34. The van der Waals surface area contributed by atoms with Crippen LogP contribution in [-0.2, 0) is 0 Å². The molecule has 2 heterocycles. The molecule has 0 N–H and O–H groups in total. The van der Waals surface area contributed by atoms with Gasteiger partial charge in [-0.2, -0.15) is 0 Å². The lowest BCUT2D eigenvalue weighted by molar-refractivity contribution is 0.0785. The van der Waals surface area contributed by atoms with Gasteiger partial charge in [-0.15, -0.1) is 0 Å². The highest BCUT2D eigenvalue weighted by atomic mass is 19.1. The number of benzene rings is 2. The predicted octanol–water partition coefficient (Wildman–Crippen LogP) is 4.73. The van der Waals surface area contributed by atoms with Crippen LogP contribution in [0.1, 0.15) is 45.7 Å². The van der Waals surface area contributed by atoms with Crippen molar-refractivity contribution in [3.63, 3.8) is 0 Å². The van der Waals surface area contributed by atoms with Gasteiger partial charge >= 0.3 is 0 Å². The molecule has 5 nitrogen and oxygen atoms in total. The fourth-order valence-electron chi connectivity index (χ4n) is 4.10. The van der Waals surface area contributed by atoms with Crippen molar-refractivity contribution in [1.82, 2.24) is 9.88 Å². The molecule has 31 heavy (non-hydrogen) atoms. The van der Waals surface area contributed by atoms with Crippen molar-refractivity contribution in [3.05, 3.63) is 83.4 Å². The molecule has 0 bridgehead atoms. The van der Waals surface area contributed by atoms with Crippen molar-refractivity contribution in [1.29, 1.82) is 0 Å². The molecule has 1 fully saturated rings. The molecule has 1 amide bonds. The minimum absolute atomic E-state index is 0.00799. The van der Waals surface area contributed by atoms with Gasteiger partial charge in [0, 0.05) is 24.6 Å². The van der Waals surface area contributed by atoms with E-state index in [1.54, 1.807) is 4.90 Å². The van der Waals surface area contributed by atoms with E-state index in [-0.39, 0.29) is 17.5 Å². The Morgan fingerprint density at radius 3 is 2.68 bits per heavy atom. The summed E-state index contributed by atoms with van der Waals surface area (Å²) in [7, 11) is 0. The SMILES string of the molecule is CCOc1c(-c2ccccc2)ccc(C2CCN(C(=O)c3ccc(F)cn3)C2)c1C=O. The Morgan fingerprint density at radius 1 is 1.19 bits per heavy atom. The van der Waals surface area contributed by atoms with Crippen molar-refractivity contribution in [2.75, 3.05) is 19.7 Å². The van der Waals surface area contributed by atoms with E-state index in [1.807, 2.05) is 49.4 Å². The summed E-state index contributed by atoms with van der Waals surface area (Å²) in [5.41, 5.74) is 3.47. The van der Waals surface area contributed by atoms with Gasteiger partial charge in [0.05, 0.1) is 18.4 Å². The van der Waals surface area contributed by atoms with Crippen LogP contribution < -0.4 is 4.74 Å². The smallest absolute Gasteiger partial charge is 0.272 e. The number of likely N-dealkylation sites (tertiary alicyclic amines) is 1. The number of nitrogens with zero attached hydrogens (tertiary/aromatic N) is 2. The summed E-state index contributed by atoms with van der Waals surface area (Å²) >= 11 is 0. The van der Waals surface area contributed by atoms with E-state index >= 15 is 0 Å². The molecule has 2 aromatic carbocycles. The van der Waals surface area contributed by atoms with Gasteiger partial charge in [-0.05, 0) is 36.6 Å². The highest BCUT2D eigenvalue weighted by Gasteiger charge is 2.31. The van der Waals surface area contributed by atoms with Crippen LogP contribution in [0.25, 0.3) is 11.1 Å². The summed E-state index contributed by atoms with van der Waals surface area (Å²) in [6, 6.07) is 16.4. The van der Waals surface area contributed by atoms with E-state index < -0.39 is 5.82 Å². The van der Waals surface area contributed by atoms with E-state index in [0.717, 1.165) is 35.6 Å². The number of halogens is 1. The molecule has 1 unspecified atom stereocenters. The quantitative estimate of drug-likeness (QED) is 0.543. The summed E-state index contributed by atoms with van der Waals surface area (Å²) in [4.78, 5) is 30.5. The van der Waals surface area contributed by atoms with E-state index in [2.05, 4.69) is 4.98 Å². The largest absolute Gasteiger partial charge is 0.492 e. The second-order valence-corrected chi connectivity index (χ2v) is 7.46. The molecule has 1 aliphatic rings. The van der Waals surface area contributed by atoms with Gasteiger partial charge in [0.25, 0.3) is 5.91 Å². The topological polar surface area (TPSA) is 59.5 Å². The third-order valence-electron chi connectivity index (χ3n) is 5.58. The Bertz CT molecular complexity index is 1080. The van der Waals surface area contributed by atoms with Crippen molar-refractivity contribution >= 4 is 12.2 Å². The molecule has 0 aliphatic carbocycles. The summed E-state index contributed by atoms with van der Waals surface area (Å²) in [6.07, 6.45) is 2.62. The van der Waals surface area contributed by atoms with Gasteiger partial charge in [0.1, 0.15) is 17.3 Å². The number of hydrogen-bond donors (Lipinski definition) is 0. The maximum absolute atomic E-state index is 13.1. The maximum Gasteiger partial charge on any atom is 0.272 e. The average molecular weight is 418 g/mol. The van der Waals surface area contributed by atoms with Crippen molar-refractivity contribution in [2.24, 2.45) is 0 Å². The van der Waals surface area contributed by atoms with E-state index in [0.29, 0.717) is 31.0 Å². The van der Waals surface area contributed by atoms with Gasteiger partial charge in [-0.1, -0.05) is 42.5 Å². The van der Waals surface area contributed by atoms with Crippen molar-refractivity contribution in [3.8, 4) is 16.9 Å². The Hall–Kier alpha value is -3.54. The standard InChI is InChI=1S/C25H23FN2O3/c1-2-31-24-21(17-6-4-3-5-7-17)10-9-20(22(24)16-29)18-12-13-28(15-18)25(30)23-11-8-19(26)14-27-23/h3-11,14,16,18H,2,12-13,15H2,1H3. The maximum atomic E-state index is 13.1. The number of hydrogen-bond acceptors (Lipinski definition) is 4. The summed E-state index contributed by atoms with van der Waals surface area (Å²) in [5.74, 6) is -0.130. The van der Waals surface area contributed by atoms with Crippen LogP contribution in [0.5, 0.6) is 5.75 Å². The number of aromatic nitrogens is 1. The minimum Gasteiger partial charge on any atom is -0.492 e. The van der Waals surface area contributed by atoms with Gasteiger partial charge in [-0.3, -0.25) is 9.59 Å². The number of carbonyl (C=O) groups excluding carboxylic acids is 2. The minimum atomic E-state index is -0.478. The van der Waals surface area contributed by atoms with E-state index in [9.17, 15) is 14.0 Å². The summed E-state index contributed by atoms with van der Waals surface area (Å²) in [5, 5.41) is 0. The number of rotatable bonds is 6. The first-order chi connectivity index (χ1) is 15.1. The van der Waals surface area contributed by atoms with E-state index in [4.69, 9.17) is 4.74 Å². The lowest BCUT2D eigenvalue weighted by Gasteiger charge is -2.20. The van der Waals surface area contributed by atoms with Gasteiger partial charge in [-0.25, -0.2) is 9.37 Å². The molecular formula is C25H23FN2O3. The lowest BCUT2D eigenvalue weighted by Crippen LogP contribution is -2.29. The molecule has 158 valence electrons. The summed E-state index contributed by atoms with van der Waals surface area (Å²) < 4.78 is 19.0. The molecule has 6 heteroatoms. The molecule has 1 saturated heterocycles. The Balaban J connectivity index is 1.64. The third kappa shape index (κ3) is 4.19. The Labute approximate surface area is 180 Å². The molecule has 4 rings (SSSR count). The zero-order chi connectivity index (χ0) is 21.8. The molecule has 1 aromatic heterocycles. The first-order valence-electron chi connectivity index (χ1n) is 10.3. The highest BCUT2D eigenvalue weighted by molar-refractivity contribution is 5.93. The first kappa shape index (κ1) is 20.7. The predicted molar refractivity (Wildman–Crippen MR) is 116 cm³/mol. The second kappa shape index (κ2) is 9.08. The number of ether oxygens (including phenoxy) is 1. The zero-order valence-electron chi connectivity index (χ0n) is 17.3. The fraction of sp³-hybridized carbons (Fsp3) is 0.240. The lowest BCUT2D eigenvalue weighted by atomic mass is 9.90. The Kier molecular flexibility index (Phi) is 6.07. The molecular weight excluding hydrogens is 395 g/mol. The molecule has 1 aliphatic heterocycles. The van der Waals surface area contributed by atoms with Crippen LogP contribution in [0.3, 0.4) is 0 Å². The van der Waals surface area contributed by atoms with Crippen molar-refractivity contribution in [2.45, 2.75) is 19.3 Å². The first-order valence-corrected chi connectivity index (χ1v) is 10.3. The van der Waals surface area contributed by atoms with Crippen LogP contribution in [0.4, 0.5) is 4.39 Å². The van der Waals surface area contributed by atoms with Crippen LogP contribution in [0.15, 0.2) is 60.8 Å². The van der Waals surface area contributed by atoms with Crippen LogP contribution in [0.2, 0.25) is 0 Å². The van der Waals surface area contributed by atoms with Gasteiger partial charge in [0.15, 0.2) is 6.29 Å². The number of amides is 1. The normalized spacial score (nSPS) is 15.7. The van der Waals surface area contributed by atoms with Crippen LogP contribution in [0, 0.1) is 5.82 Å². The monoisotopic (exact) mass is 418 g/mol. The molecule has 0 spiro atoms. The molecule has 0 saturated carbocycles. The number of carbonyl (C=O) groups is 2. The highest BCUT2D eigenvalue weighted by Crippen LogP contribution is 2.39. The zero-order valence-corrected chi connectivity index (χ0v) is 17.3. The fourth-order valence-corrected chi connectivity index (χ4v) is 4.10. The Morgan fingerprint density at radius 2 is 2.00 bits per heavy atom. The number of pyridine rings is 1. The van der Waals surface area contributed by atoms with Gasteiger partial charge in [0.2, 0.25) is 0 Å². The molecule has 3 aromatic rings.